The highest BCUT2D eigenvalue weighted by atomic mass is 16.2. The number of carbonyl (C=O) groups excluding carboxylic acids is 4. The van der Waals surface area contributed by atoms with Crippen LogP contribution < -0.4 is 25.8 Å². The third-order valence-corrected chi connectivity index (χ3v) is 15.9. The first-order chi connectivity index (χ1) is 35.3. The van der Waals surface area contributed by atoms with Gasteiger partial charge in [-0.25, -0.2) is 19.9 Å². The van der Waals surface area contributed by atoms with Crippen molar-refractivity contribution in [2.45, 2.75) is 126 Å². The minimum absolute atomic E-state index is 0.0286. The molecule has 2 saturated carbocycles. The highest BCUT2D eigenvalue weighted by Crippen LogP contribution is 2.37. The van der Waals surface area contributed by atoms with Crippen molar-refractivity contribution in [3.8, 4) is 0 Å². The number of hydrogen-bond donors (Lipinski definition) is 3. The van der Waals surface area contributed by atoms with Crippen molar-refractivity contribution in [3.63, 3.8) is 0 Å². The first-order valence-electron chi connectivity index (χ1n) is 26.1. The van der Waals surface area contributed by atoms with E-state index in [4.69, 9.17) is 9.97 Å². The number of nitrogens with one attached hydrogen (secondary N) is 3. The van der Waals surface area contributed by atoms with Gasteiger partial charge in [0.2, 0.25) is 23.7 Å². The largest absolute Gasteiger partial charge is 0.343 e. The maximum Gasteiger partial charge on any atom is 0.270 e. The number of fused-ring (bicyclic) bond motifs is 6. The smallest absolute Gasteiger partial charge is 0.270 e. The second-order valence-corrected chi connectivity index (χ2v) is 21.2. The molecule has 12 rings (SSSR count). The lowest BCUT2D eigenvalue weighted by Crippen LogP contribution is -2.38. The summed E-state index contributed by atoms with van der Waals surface area (Å²) in [5, 5.41) is 11.7. The molecule has 20 heteroatoms. The van der Waals surface area contributed by atoms with Crippen LogP contribution in [-0.4, -0.2) is 150 Å². The normalized spacial score (nSPS) is 22.4. The lowest BCUT2D eigenvalue weighted by atomic mass is 10.1. The number of likely N-dealkylation sites (N-methyl/N-ethyl adjacent to an activating group) is 1. The van der Waals surface area contributed by atoms with Gasteiger partial charge in [0.1, 0.15) is 34.3 Å². The van der Waals surface area contributed by atoms with Gasteiger partial charge in [0.15, 0.2) is 0 Å². The number of nitrogens with zero attached hydrogens (tertiary/aromatic N) is 13. The summed E-state index contributed by atoms with van der Waals surface area (Å²) in [5.74, 6) is 2.30. The van der Waals surface area contributed by atoms with Gasteiger partial charge in [-0.15, -0.1) is 0 Å². The van der Waals surface area contributed by atoms with Crippen molar-refractivity contribution in [3.05, 3.63) is 72.6 Å². The summed E-state index contributed by atoms with van der Waals surface area (Å²) >= 11 is 0. The topological polar surface area (TPSA) is 208 Å². The third-order valence-electron chi connectivity index (χ3n) is 15.9. The van der Waals surface area contributed by atoms with Crippen molar-refractivity contribution in [1.29, 1.82) is 0 Å². The fourth-order valence-corrected chi connectivity index (χ4v) is 12.0. The van der Waals surface area contributed by atoms with Crippen LogP contribution in [0, 0.1) is 0 Å². The van der Waals surface area contributed by atoms with Crippen LogP contribution in [0.2, 0.25) is 0 Å². The van der Waals surface area contributed by atoms with Crippen molar-refractivity contribution in [2.75, 3.05) is 68.8 Å². The summed E-state index contributed by atoms with van der Waals surface area (Å²) in [7, 11) is 9.22. The fraction of sp³-hybridized carbons (Fsp3) is 0.509. The van der Waals surface area contributed by atoms with Crippen LogP contribution in [0.1, 0.15) is 123 Å². The standard InChI is InChI=1S/C27H34N8O2.C26H32N8O2/c1-32(2)26(37)22-12-17-14-29-27(31-25(17)35(22)18-6-4-5-7-18)30-23-11-10-20(15-28-23)34-16-21-9-8-19(33(21)3)13-24(34)36;1-32(2)25(36)21-11-16-13-28-26(31-24(16)34(21)19-5-3-4-6-19)30-22-10-9-20(14-27-22)33-15-18-8-7-17(29-18)12-23(33)35/h10-12,14-15,18-19,21H,4-9,13,16H2,1-3H3,(H,28,29,30,31);9-11,13-14,17-19,29H,3-8,12,15H2,1-2H3,(H,27,28,30,31)/t19-,21+;17-,18+/m11/s1. The molecule has 73 heavy (non-hydrogen) atoms. The van der Waals surface area contributed by atoms with Crippen LogP contribution in [0.15, 0.2) is 61.2 Å². The molecule has 20 nitrogen and oxygen atoms in total. The molecule has 2 aliphatic carbocycles. The summed E-state index contributed by atoms with van der Waals surface area (Å²) in [5.41, 5.74) is 4.45. The quantitative estimate of drug-likeness (QED) is 0.129. The second kappa shape index (κ2) is 20.1. The Morgan fingerprint density at radius 2 is 1.04 bits per heavy atom. The van der Waals surface area contributed by atoms with Gasteiger partial charge in [0, 0.05) is 114 Å². The third kappa shape index (κ3) is 9.69. The first-order valence-corrected chi connectivity index (χ1v) is 26.1. The summed E-state index contributed by atoms with van der Waals surface area (Å²) in [6.07, 6.45) is 21.3. The monoisotopic (exact) mass is 991 g/mol. The van der Waals surface area contributed by atoms with Gasteiger partial charge < -0.3 is 44.7 Å². The number of amides is 4. The highest BCUT2D eigenvalue weighted by Gasteiger charge is 2.39. The number of pyridine rings is 2. The molecule has 6 fully saturated rings. The van der Waals surface area contributed by atoms with Gasteiger partial charge in [-0.1, -0.05) is 25.7 Å². The van der Waals surface area contributed by atoms with Crippen LogP contribution in [0.3, 0.4) is 0 Å². The molecule has 4 atom stereocenters. The molecule has 6 aliphatic rings. The molecule has 3 N–H and O–H groups in total. The number of anilines is 6. The van der Waals surface area contributed by atoms with Crippen molar-refractivity contribution < 1.29 is 19.2 Å². The molecular formula is C53H66N16O4. The van der Waals surface area contributed by atoms with Gasteiger partial charge in [0.05, 0.1) is 23.8 Å². The van der Waals surface area contributed by atoms with Gasteiger partial charge >= 0.3 is 0 Å². The lowest BCUT2D eigenvalue weighted by molar-refractivity contribution is -0.119. The molecule has 6 aromatic heterocycles. The summed E-state index contributed by atoms with van der Waals surface area (Å²) in [6, 6.07) is 13.3. The Balaban J connectivity index is 0.000000157. The Labute approximate surface area is 425 Å². The van der Waals surface area contributed by atoms with Crippen LogP contribution in [-0.2, 0) is 9.59 Å². The lowest BCUT2D eigenvalue weighted by Gasteiger charge is -2.25. The predicted octanol–water partition coefficient (Wildman–Crippen LogP) is 6.83. The molecule has 0 aromatic carbocycles. The average molecular weight is 991 g/mol. The van der Waals surface area contributed by atoms with E-state index in [1.165, 1.54) is 0 Å². The van der Waals surface area contributed by atoms with Gasteiger partial charge in [-0.2, -0.15) is 9.97 Å². The molecule has 6 aromatic rings. The maximum atomic E-state index is 12.9. The van der Waals surface area contributed by atoms with E-state index in [2.05, 4.69) is 57.0 Å². The molecule has 382 valence electrons. The zero-order valence-corrected chi connectivity index (χ0v) is 42.5. The van der Waals surface area contributed by atoms with E-state index in [-0.39, 0.29) is 35.7 Å². The number of hydrogen-bond acceptors (Lipinski definition) is 14. The van der Waals surface area contributed by atoms with Crippen LogP contribution in [0.5, 0.6) is 0 Å². The molecule has 4 amide bonds. The number of carbonyl (C=O) groups is 4. The van der Waals surface area contributed by atoms with E-state index in [0.29, 0.717) is 85.0 Å². The van der Waals surface area contributed by atoms with Gasteiger partial charge in [-0.05, 0) is 94.8 Å². The molecule has 10 heterocycles. The van der Waals surface area contributed by atoms with Crippen LogP contribution in [0.25, 0.3) is 22.1 Å². The zero-order chi connectivity index (χ0) is 50.5. The summed E-state index contributed by atoms with van der Waals surface area (Å²) < 4.78 is 4.20. The molecule has 4 saturated heterocycles. The van der Waals surface area contributed by atoms with Gasteiger partial charge in [-0.3, -0.25) is 24.1 Å². The van der Waals surface area contributed by atoms with E-state index in [9.17, 15) is 19.2 Å². The van der Waals surface area contributed by atoms with E-state index < -0.39 is 0 Å². The Morgan fingerprint density at radius 3 is 1.53 bits per heavy atom. The second-order valence-electron chi connectivity index (χ2n) is 21.2. The molecule has 0 unspecified atom stereocenters. The van der Waals surface area contributed by atoms with Crippen molar-refractivity contribution >= 4 is 80.6 Å². The number of aromatic nitrogens is 8. The Kier molecular flexibility index (Phi) is 13.3. The molecule has 4 aliphatic heterocycles. The fourth-order valence-electron chi connectivity index (χ4n) is 12.0. The van der Waals surface area contributed by atoms with Crippen molar-refractivity contribution in [1.82, 2.24) is 59.1 Å². The number of rotatable bonds is 10. The summed E-state index contributed by atoms with van der Waals surface area (Å²) in [6.45, 7) is 1.38. The summed E-state index contributed by atoms with van der Waals surface area (Å²) in [4.78, 5) is 88.4. The average Bonchev–Trinajstić information content (AvgIpc) is 4.26. The Hall–Kier alpha value is -7.06. The first kappa shape index (κ1) is 48.2. The maximum absolute atomic E-state index is 12.9. The molecule has 4 bridgehead atoms. The molecule has 0 radical (unpaired) electrons. The van der Waals surface area contributed by atoms with E-state index in [1.807, 2.05) is 46.2 Å². The SMILES string of the molecule is CN(C)C(=O)c1cc2cnc(Nc3ccc(N4C[C@@H]5CC[C@H](CC4=O)N5)cn3)nc2n1C1CCCC1.CN(C)C(=O)c1cc2cnc(Nc3ccc(N4C[C@@H]5CC[C@H](CC4=O)N5C)cn3)nc2n1C1CCCC1. The molecular weight excluding hydrogens is 925 g/mol. The minimum atomic E-state index is -0.0295. The van der Waals surface area contributed by atoms with Crippen LogP contribution in [0.4, 0.5) is 34.9 Å². The van der Waals surface area contributed by atoms with E-state index >= 15 is 0 Å². The van der Waals surface area contributed by atoms with Crippen LogP contribution >= 0.6 is 0 Å². The van der Waals surface area contributed by atoms with Gasteiger partial charge in [0.25, 0.3) is 11.8 Å². The minimum Gasteiger partial charge on any atom is -0.343 e. The Bertz CT molecular complexity index is 3030. The molecule has 0 spiro atoms. The zero-order valence-electron chi connectivity index (χ0n) is 42.5. The predicted molar refractivity (Wildman–Crippen MR) is 280 cm³/mol. The van der Waals surface area contributed by atoms with E-state index in [0.717, 1.165) is 110 Å². The van der Waals surface area contributed by atoms with Crippen molar-refractivity contribution in [2.24, 2.45) is 0 Å². The Morgan fingerprint density at radius 1 is 0.562 bits per heavy atom. The van der Waals surface area contributed by atoms with E-state index in [1.54, 1.807) is 62.8 Å². The highest BCUT2D eigenvalue weighted by molar-refractivity contribution is 5.99.